The van der Waals surface area contributed by atoms with E-state index < -0.39 is 0 Å². The lowest BCUT2D eigenvalue weighted by molar-refractivity contribution is 0.0955. The average molecular weight is 521 g/mol. The third kappa shape index (κ3) is 5.94. The predicted octanol–water partition coefficient (Wildman–Crippen LogP) is 2.28. The molecular formula is C17H22ClIN6OS. The molecule has 0 saturated carbocycles. The second-order valence-corrected chi connectivity index (χ2v) is 7.04. The van der Waals surface area contributed by atoms with Crippen molar-refractivity contribution in [1.82, 2.24) is 15.2 Å². The Morgan fingerprint density at radius 2 is 2.04 bits per heavy atom. The Morgan fingerprint density at radius 3 is 2.70 bits per heavy atom. The summed E-state index contributed by atoms with van der Waals surface area (Å²) in [6.45, 7) is 4.18. The molecule has 1 aliphatic heterocycles. The highest BCUT2D eigenvalue weighted by Gasteiger charge is 2.19. The molecule has 3 rings (SSSR count). The largest absolute Gasteiger partial charge is 0.370 e. The molecule has 1 fully saturated rings. The number of thiazole rings is 1. The number of hydrogen-bond acceptors (Lipinski definition) is 5. The van der Waals surface area contributed by atoms with Crippen LogP contribution in [0.25, 0.3) is 0 Å². The zero-order chi connectivity index (χ0) is 18.4. The van der Waals surface area contributed by atoms with Gasteiger partial charge in [-0.2, -0.15) is 0 Å². The molecule has 0 bridgehead atoms. The maximum Gasteiger partial charge on any atom is 0.252 e. The zero-order valence-electron chi connectivity index (χ0n) is 14.7. The maximum atomic E-state index is 12.1. The molecule has 3 N–H and O–H groups in total. The van der Waals surface area contributed by atoms with Crippen LogP contribution in [0.1, 0.15) is 10.4 Å². The van der Waals surface area contributed by atoms with Crippen molar-refractivity contribution < 1.29 is 4.79 Å². The first-order valence-corrected chi connectivity index (χ1v) is 9.63. The van der Waals surface area contributed by atoms with Crippen LogP contribution in [-0.4, -0.2) is 61.0 Å². The molecule has 2 aromatic rings. The lowest BCUT2D eigenvalue weighted by Gasteiger charge is -2.35. The molecule has 2 heterocycles. The van der Waals surface area contributed by atoms with Crippen molar-refractivity contribution in [3.8, 4) is 0 Å². The number of piperazine rings is 1. The molecule has 0 atom stereocenters. The SMILES string of the molecule is I.NC(=NCCNC(=O)c1ccccc1Cl)N1CCN(c2nccs2)CC1. The lowest BCUT2D eigenvalue weighted by atomic mass is 10.2. The van der Waals surface area contributed by atoms with Crippen molar-refractivity contribution in [2.24, 2.45) is 10.7 Å². The van der Waals surface area contributed by atoms with Gasteiger partial charge in [-0.15, -0.1) is 35.3 Å². The fourth-order valence-corrected chi connectivity index (χ4v) is 3.60. The number of rotatable bonds is 5. The molecule has 1 amide bonds. The topological polar surface area (TPSA) is 86.8 Å². The second kappa shape index (κ2) is 10.7. The number of hydrogen-bond donors (Lipinski definition) is 2. The van der Waals surface area contributed by atoms with Crippen molar-refractivity contribution in [2.45, 2.75) is 0 Å². The summed E-state index contributed by atoms with van der Waals surface area (Å²) in [6.07, 6.45) is 1.82. The van der Waals surface area contributed by atoms with Crippen LogP contribution in [0.15, 0.2) is 40.8 Å². The van der Waals surface area contributed by atoms with Gasteiger partial charge in [0.25, 0.3) is 5.91 Å². The molecule has 1 aromatic carbocycles. The number of nitrogens with two attached hydrogens (primary N) is 1. The Hall–Kier alpha value is -1.59. The summed E-state index contributed by atoms with van der Waals surface area (Å²) >= 11 is 7.65. The smallest absolute Gasteiger partial charge is 0.252 e. The summed E-state index contributed by atoms with van der Waals surface area (Å²) in [7, 11) is 0. The van der Waals surface area contributed by atoms with Crippen LogP contribution in [-0.2, 0) is 0 Å². The van der Waals surface area contributed by atoms with Crippen molar-refractivity contribution in [1.29, 1.82) is 0 Å². The standard InChI is InChI=1S/C17H21ClN6OS.HI/c18-14-4-2-1-3-13(14)15(25)20-5-6-21-16(19)23-8-10-24(11-9-23)17-22-7-12-26-17;/h1-4,7,12H,5-6,8-11H2,(H2,19,21)(H,20,25);1H. The number of nitrogens with one attached hydrogen (secondary N) is 1. The normalized spacial score (nSPS) is 14.6. The summed E-state index contributed by atoms with van der Waals surface area (Å²) in [6, 6.07) is 6.95. The van der Waals surface area contributed by atoms with E-state index >= 15 is 0 Å². The number of nitrogens with zero attached hydrogens (tertiary/aromatic N) is 4. The highest BCUT2D eigenvalue weighted by atomic mass is 127. The van der Waals surface area contributed by atoms with Gasteiger partial charge in [-0.3, -0.25) is 9.79 Å². The molecule has 0 unspecified atom stereocenters. The molecule has 1 aromatic heterocycles. The first-order valence-electron chi connectivity index (χ1n) is 8.37. The quantitative estimate of drug-likeness (QED) is 0.273. The third-order valence-electron chi connectivity index (χ3n) is 4.08. The van der Waals surface area contributed by atoms with Gasteiger partial charge < -0.3 is 20.9 Å². The van der Waals surface area contributed by atoms with Gasteiger partial charge in [0.2, 0.25) is 0 Å². The first kappa shape index (κ1) is 21.7. The Morgan fingerprint density at radius 1 is 1.30 bits per heavy atom. The number of benzene rings is 1. The van der Waals surface area contributed by atoms with E-state index in [2.05, 4.69) is 25.1 Å². The molecule has 146 valence electrons. The molecule has 10 heteroatoms. The van der Waals surface area contributed by atoms with E-state index in [-0.39, 0.29) is 29.9 Å². The molecule has 0 aliphatic carbocycles. The highest BCUT2D eigenvalue weighted by molar-refractivity contribution is 14.0. The van der Waals surface area contributed by atoms with Gasteiger partial charge in [-0.1, -0.05) is 23.7 Å². The van der Waals surface area contributed by atoms with Crippen molar-refractivity contribution in [2.75, 3.05) is 44.2 Å². The van der Waals surface area contributed by atoms with Crippen LogP contribution in [0.2, 0.25) is 5.02 Å². The van der Waals surface area contributed by atoms with Crippen molar-refractivity contribution in [3.05, 3.63) is 46.4 Å². The number of amides is 1. The average Bonchev–Trinajstić information content (AvgIpc) is 3.20. The fraction of sp³-hybridized carbons (Fsp3) is 0.353. The van der Waals surface area contributed by atoms with Crippen LogP contribution in [0.3, 0.4) is 0 Å². The zero-order valence-corrected chi connectivity index (χ0v) is 18.6. The molecule has 27 heavy (non-hydrogen) atoms. The van der Waals surface area contributed by atoms with Gasteiger partial charge >= 0.3 is 0 Å². The Balaban J connectivity index is 0.00000261. The molecule has 7 nitrogen and oxygen atoms in total. The summed E-state index contributed by atoms with van der Waals surface area (Å²) in [4.78, 5) is 25.1. The van der Waals surface area contributed by atoms with Gasteiger partial charge in [-0.05, 0) is 12.1 Å². The molecular weight excluding hydrogens is 499 g/mol. The molecule has 1 saturated heterocycles. The molecule has 1 aliphatic rings. The van der Waals surface area contributed by atoms with Crippen LogP contribution >= 0.6 is 46.9 Å². The van der Waals surface area contributed by atoms with Crippen LogP contribution in [0.5, 0.6) is 0 Å². The minimum atomic E-state index is -0.207. The minimum Gasteiger partial charge on any atom is -0.370 e. The number of halogens is 2. The van der Waals surface area contributed by atoms with Gasteiger partial charge in [0.05, 0.1) is 17.1 Å². The fourth-order valence-electron chi connectivity index (χ4n) is 2.68. The number of aliphatic imine (C=N–C) groups is 1. The lowest BCUT2D eigenvalue weighted by Crippen LogP contribution is -2.51. The highest BCUT2D eigenvalue weighted by Crippen LogP contribution is 2.18. The summed E-state index contributed by atoms with van der Waals surface area (Å²) in [5.41, 5.74) is 6.54. The monoisotopic (exact) mass is 520 g/mol. The second-order valence-electron chi connectivity index (χ2n) is 5.76. The van der Waals surface area contributed by atoms with E-state index in [0.29, 0.717) is 29.6 Å². The van der Waals surface area contributed by atoms with E-state index in [0.717, 1.165) is 31.3 Å². The van der Waals surface area contributed by atoms with Crippen LogP contribution < -0.4 is 16.0 Å². The number of carbonyl (C=O) groups excluding carboxylic acids is 1. The number of anilines is 1. The van der Waals surface area contributed by atoms with Gasteiger partial charge in [0, 0.05) is 44.3 Å². The predicted molar refractivity (Wildman–Crippen MR) is 122 cm³/mol. The maximum absolute atomic E-state index is 12.1. The number of aromatic nitrogens is 1. The first-order chi connectivity index (χ1) is 12.6. The Kier molecular flexibility index (Phi) is 8.58. The minimum absolute atomic E-state index is 0. The molecule has 0 radical (unpaired) electrons. The Bertz CT molecular complexity index is 765. The number of guanidine groups is 1. The summed E-state index contributed by atoms with van der Waals surface area (Å²) < 4.78 is 0. The van der Waals surface area contributed by atoms with Crippen molar-refractivity contribution in [3.63, 3.8) is 0 Å². The van der Waals surface area contributed by atoms with E-state index in [4.69, 9.17) is 17.3 Å². The van der Waals surface area contributed by atoms with Gasteiger partial charge in [0.15, 0.2) is 11.1 Å². The van der Waals surface area contributed by atoms with Crippen LogP contribution in [0.4, 0.5) is 5.13 Å². The van der Waals surface area contributed by atoms with Crippen molar-refractivity contribution >= 4 is 63.9 Å². The van der Waals surface area contributed by atoms with E-state index in [1.165, 1.54) is 0 Å². The summed E-state index contributed by atoms with van der Waals surface area (Å²) in [5, 5.41) is 6.26. The van der Waals surface area contributed by atoms with Gasteiger partial charge in [0.1, 0.15) is 0 Å². The summed E-state index contributed by atoms with van der Waals surface area (Å²) in [5.74, 6) is 0.303. The Labute approximate surface area is 184 Å². The van der Waals surface area contributed by atoms with E-state index in [1.54, 1.807) is 35.6 Å². The van der Waals surface area contributed by atoms with E-state index in [9.17, 15) is 4.79 Å². The molecule has 0 spiro atoms. The number of carbonyl (C=O) groups is 1. The van der Waals surface area contributed by atoms with Gasteiger partial charge in [-0.25, -0.2) is 4.98 Å². The van der Waals surface area contributed by atoms with E-state index in [1.807, 2.05) is 11.6 Å². The third-order valence-corrected chi connectivity index (χ3v) is 5.24. The van der Waals surface area contributed by atoms with Crippen LogP contribution in [0, 0.1) is 0 Å².